The highest BCUT2D eigenvalue weighted by Crippen LogP contribution is 2.46. The number of esters is 1. The van der Waals surface area contributed by atoms with Crippen molar-refractivity contribution in [1.82, 2.24) is 0 Å². The fraction of sp³-hybridized carbons (Fsp3) is 0.263. The number of methoxy groups -OCH3 is 5. The third-order valence-electron chi connectivity index (χ3n) is 4.11. The molecule has 0 saturated heterocycles. The number of anilines is 1. The number of hydrogen-bond acceptors (Lipinski definition) is 9. The van der Waals surface area contributed by atoms with Gasteiger partial charge in [0.2, 0.25) is 11.5 Å². The van der Waals surface area contributed by atoms with E-state index in [2.05, 4.69) is 5.32 Å². The van der Waals surface area contributed by atoms with E-state index < -0.39 is 22.5 Å². The Morgan fingerprint density at radius 3 is 2.07 bits per heavy atom. The van der Waals surface area contributed by atoms with E-state index in [9.17, 15) is 19.7 Å². The Morgan fingerprint density at radius 1 is 0.900 bits per heavy atom. The first kappa shape index (κ1) is 22.3. The first-order chi connectivity index (χ1) is 14.3. The summed E-state index contributed by atoms with van der Waals surface area (Å²) in [5, 5.41) is 14.2. The van der Waals surface area contributed by atoms with Crippen molar-refractivity contribution in [2.75, 3.05) is 40.9 Å². The van der Waals surface area contributed by atoms with Crippen molar-refractivity contribution in [2.24, 2.45) is 0 Å². The number of nitro groups is 1. The van der Waals surface area contributed by atoms with E-state index in [1.54, 1.807) is 0 Å². The summed E-state index contributed by atoms with van der Waals surface area (Å²) in [5.74, 6) is -1.53. The van der Waals surface area contributed by atoms with Gasteiger partial charge >= 0.3 is 11.7 Å². The van der Waals surface area contributed by atoms with Crippen LogP contribution in [0, 0.1) is 10.1 Å². The Hall–Kier alpha value is -4.02. The molecule has 30 heavy (non-hydrogen) atoms. The van der Waals surface area contributed by atoms with Gasteiger partial charge in [0.25, 0.3) is 5.91 Å². The molecule has 1 N–H and O–H groups in total. The van der Waals surface area contributed by atoms with Gasteiger partial charge in [-0.2, -0.15) is 0 Å². The molecule has 0 heterocycles. The lowest BCUT2D eigenvalue weighted by Crippen LogP contribution is -2.17. The number of nitro benzene ring substituents is 1. The topological polar surface area (TPSA) is 135 Å². The van der Waals surface area contributed by atoms with Crippen molar-refractivity contribution < 1.29 is 38.2 Å². The fourth-order valence-corrected chi connectivity index (χ4v) is 2.72. The van der Waals surface area contributed by atoms with Crippen molar-refractivity contribution in [3.05, 3.63) is 45.5 Å². The Morgan fingerprint density at radius 2 is 1.57 bits per heavy atom. The highest BCUT2D eigenvalue weighted by molar-refractivity contribution is 6.11. The maximum atomic E-state index is 12.9. The van der Waals surface area contributed by atoms with Gasteiger partial charge in [0.1, 0.15) is 11.3 Å². The highest BCUT2D eigenvalue weighted by Gasteiger charge is 2.33. The quantitative estimate of drug-likeness (QED) is 0.388. The minimum Gasteiger partial charge on any atom is -0.497 e. The maximum absolute atomic E-state index is 12.9. The summed E-state index contributed by atoms with van der Waals surface area (Å²) < 4.78 is 25.2. The van der Waals surface area contributed by atoms with Gasteiger partial charge in [-0.1, -0.05) is 0 Å². The molecule has 0 radical (unpaired) electrons. The molecule has 0 fully saturated rings. The van der Waals surface area contributed by atoms with Gasteiger partial charge in [0, 0.05) is 6.07 Å². The Bertz CT molecular complexity index is 988. The lowest BCUT2D eigenvalue weighted by molar-refractivity contribution is -0.386. The molecule has 160 valence electrons. The van der Waals surface area contributed by atoms with Crippen molar-refractivity contribution in [2.45, 2.75) is 0 Å². The monoisotopic (exact) mass is 420 g/mol. The molecule has 0 aromatic heterocycles. The zero-order valence-corrected chi connectivity index (χ0v) is 16.9. The van der Waals surface area contributed by atoms with Gasteiger partial charge in [0.15, 0.2) is 5.75 Å². The van der Waals surface area contributed by atoms with Crippen molar-refractivity contribution in [3.63, 3.8) is 0 Å². The van der Waals surface area contributed by atoms with Crippen molar-refractivity contribution >= 4 is 23.3 Å². The van der Waals surface area contributed by atoms with Crippen LogP contribution in [0.5, 0.6) is 23.0 Å². The zero-order chi connectivity index (χ0) is 22.4. The lowest BCUT2D eigenvalue weighted by Gasteiger charge is -2.15. The van der Waals surface area contributed by atoms with Crippen LogP contribution in [0.4, 0.5) is 11.4 Å². The molecule has 0 aliphatic rings. The lowest BCUT2D eigenvalue weighted by atomic mass is 10.1. The molecule has 2 rings (SSSR count). The molecule has 0 aliphatic heterocycles. The molecule has 0 aliphatic carbocycles. The van der Waals surface area contributed by atoms with E-state index in [1.807, 2.05) is 0 Å². The van der Waals surface area contributed by atoms with E-state index in [4.69, 9.17) is 23.7 Å². The number of ether oxygens (including phenoxy) is 5. The molecular formula is C19H20N2O9. The smallest absolute Gasteiger partial charge is 0.340 e. The van der Waals surface area contributed by atoms with Crippen molar-refractivity contribution in [3.8, 4) is 23.0 Å². The van der Waals surface area contributed by atoms with E-state index in [0.717, 1.165) is 6.07 Å². The summed E-state index contributed by atoms with van der Waals surface area (Å²) in [7, 11) is 6.38. The van der Waals surface area contributed by atoms with Crippen LogP contribution in [0.2, 0.25) is 0 Å². The average molecular weight is 420 g/mol. The van der Waals surface area contributed by atoms with Crippen LogP contribution in [0.3, 0.4) is 0 Å². The van der Waals surface area contributed by atoms with Crippen LogP contribution in [-0.2, 0) is 4.74 Å². The number of carbonyl (C=O) groups excluding carboxylic acids is 2. The zero-order valence-electron chi connectivity index (χ0n) is 16.9. The second kappa shape index (κ2) is 9.45. The van der Waals surface area contributed by atoms with E-state index >= 15 is 0 Å². The predicted octanol–water partition coefficient (Wildman–Crippen LogP) is 2.67. The van der Waals surface area contributed by atoms with Crippen LogP contribution in [0.15, 0.2) is 24.3 Å². The SMILES string of the molecule is COC(=O)c1cc(OC)ccc1NC(=O)c1cc(OC)c(OC)c(OC)c1[N+](=O)[O-]. The molecule has 11 nitrogen and oxygen atoms in total. The van der Waals surface area contributed by atoms with Crippen LogP contribution in [-0.4, -0.2) is 52.3 Å². The first-order valence-electron chi connectivity index (χ1n) is 8.37. The average Bonchev–Trinajstić information content (AvgIpc) is 2.76. The number of rotatable bonds is 8. The molecule has 0 unspecified atom stereocenters. The summed E-state index contributed by atoms with van der Waals surface area (Å²) in [4.78, 5) is 35.9. The van der Waals surface area contributed by atoms with E-state index in [1.165, 1.54) is 53.7 Å². The van der Waals surface area contributed by atoms with Crippen LogP contribution in [0.25, 0.3) is 0 Å². The molecule has 2 aromatic carbocycles. The second-order valence-corrected chi connectivity index (χ2v) is 5.66. The predicted molar refractivity (Wildman–Crippen MR) is 105 cm³/mol. The Labute approximate surface area is 171 Å². The van der Waals surface area contributed by atoms with Crippen LogP contribution >= 0.6 is 0 Å². The van der Waals surface area contributed by atoms with Gasteiger partial charge in [-0.15, -0.1) is 0 Å². The van der Waals surface area contributed by atoms with Crippen molar-refractivity contribution in [1.29, 1.82) is 0 Å². The van der Waals surface area contributed by atoms with E-state index in [-0.39, 0.29) is 34.1 Å². The minimum absolute atomic E-state index is 0.000273. The fourth-order valence-electron chi connectivity index (χ4n) is 2.72. The van der Waals surface area contributed by atoms with Gasteiger partial charge in [-0.3, -0.25) is 14.9 Å². The van der Waals surface area contributed by atoms with Gasteiger partial charge < -0.3 is 29.0 Å². The number of nitrogens with zero attached hydrogens (tertiary/aromatic N) is 1. The van der Waals surface area contributed by atoms with Gasteiger partial charge in [0.05, 0.1) is 51.7 Å². The largest absolute Gasteiger partial charge is 0.497 e. The summed E-state index contributed by atoms with van der Waals surface area (Å²) in [5.41, 5.74) is -0.919. The number of benzene rings is 2. The molecule has 1 amide bonds. The molecule has 0 spiro atoms. The third-order valence-corrected chi connectivity index (χ3v) is 4.11. The number of nitrogens with one attached hydrogen (secondary N) is 1. The van der Waals surface area contributed by atoms with Crippen LogP contribution in [0.1, 0.15) is 20.7 Å². The summed E-state index contributed by atoms with van der Waals surface area (Å²) in [6, 6.07) is 5.43. The molecule has 2 aromatic rings. The molecule has 0 saturated carbocycles. The number of hydrogen-bond donors (Lipinski definition) is 1. The standard InChI is InChI=1S/C19H20N2O9/c1-26-10-6-7-13(11(8-10)19(23)30-5)20-18(22)12-9-14(27-2)16(28-3)17(29-4)15(12)21(24)25/h6-9H,1-5H3,(H,20,22). The van der Waals surface area contributed by atoms with Gasteiger partial charge in [-0.05, 0) is 18.2 Å². The minimum atomic E-state index is -0.878. The second-order valence-electron chi connectivity index (χ2n) is 5.66. The number of amides is 1. The normalized spacial score (nSPS) is 10.0. The third kappa shape index (κ3) is 4.19. The maximum Gasteiger partial charge on any atom is 0.340 e. The summed E-state index contributed by atoms with van der Waals surface area (Å²) in [6.45, 7) is 0. The first-order valence-corrected chi connectivity index (χ1v) is 8.37. The van der Waals surface area contributed by atoms with E-state index in [0.29, 0.717) is 5.75 Å². The molecule has 0 bridgehead atoms. The Kier molecular flexibility index (Phi) is 7.02. The Balaban J connectivity index is 2.62. The van der Waals surface area contributed by atoms with Gasteiger partial charge in [-0.25, -0.2) is 4.79 Å². The van der Waals surface area contributed by atoms with Crippen LogP contribution < -0.4 is 24.3 Å². The molecular weight excluding hydrogens is 400 g/mol. The molecule has 0 atom stereocenters. The highest BCUT2D eigenvalue weighted by atomic mass is 16.6. The summed E-state index contributed by atoms with van der Waals surface area (Å²) in [6.07, 6.45) is 0. The summed E-state index contributed by atoms with van der Waals surface area (Å²) >= 11 is 0. The number of carbonyl (C=O) groups is 2. The molecule has 11 heteroatoms.